The first kappa shape index (κ1) is 15.1. The third kappa shape index (κ3) is 3.85. The lowest BCUT2D eigenvalue weighted by Gasteiger charge is -2.10. The maximum atomic E-state index is 12.7. The molecule has 0 aliphatic carbocycles. The first-order valence-electron chi connectivity index (χ1n) is 5.65. The predicted octanol–water partition coefficient (Wildman–Crippen LogP) is 3.20. The van der Waals surface area contributed by atoms with Crippen molar-refractivity contribution in [3.63, 3.8) is 0 Å². The summed E-state index contributed by atoms with van der Waals surface area (Å²) in [5.41, 5.74) is 7.44. The number of ether oxygens (including phenoxy) is 1. The van der Waals surface area contributed by atoms with Crippen LogP contribution >= 0.6 is 11.3 Å². The van der Waals surface area contributed by atoms with Crippen LogP contribution in [0, 0.1) is 0 Å². The average molecular weight is 316 g/mol. The second kappa shape index (κ2) is 6.00. The minimum absolute atomic E-state index is 0.198. The second-order valence-electron chi connectivity index (χ2n) is 3.90. The maximum absolute atomic E-state index is 12.7. The van der Waals surface area contributed by atoms with E-state index in [2.05, 4.69) is 15.5 Å². The molecular weight excluding hydrogens is 305 g/mol. The van der Waals surface area contributed by atoms with Crippen molar-refractivity contribution >= 4 is 28.5 Å². The third-order valence-electron chi connectivity index (χ3n) is 2.44. The van der Waals surface area contributed by atoms with Gasteiger partial charge in [-0.3, -0.25) is 5.43 Å². The highest BCUT2D eigenvalue weighted by Crippen LogP contribution is 2.32. The van der Waals surface area contributed by atoms with E-state index < -0.39 is 11.7 Å². The Kier molecular flexibility index (Phi) is 4.32. The molecule has 0 saturated carbocycles. The number of rotatable bonds is 4. The van der Waals surface area contributed by atoms with E-state index >= 15 is 0 Å². The summed E-state index contributed by atoms with van der Waals surface area (Å²) >= 11 is 1.23. The van der Waals surface area contributed by atoms with Gasteiger partial charge in [-0.15, -0.1) is 11.3 Å². The van der Waals surface area contributed by atoms with Crippen LogP contribution in [-0.2, 0) is 6.18 Å². The van der Waals surface area contributed by atoms with Gasteiger partial charge in [-0.2, -0.15) is 18.3 Å². The lowest BCUT2D eigenvalue weighted by atomic mass is 10.1. The molecule has 5 nitrogen and oxygen atoms in total. The fraction of sp³-hybridized carbons (Fsp3) is 0.167. The van der Waals surface area contributed by atoms with Gasteiger partial charge in [-0.1, -0.05) is 0 Å². The topological polar surface area (TPSA) is 72.5 Å². The zero-order valence-corrected chi connectivity index (χ0v) is 11.6. The van der Waals surface area contributed by atoms with Gasteiger partial charge in [0.2, 0.25) is 5.13 Å². The molecule has 0 saturated heterocycles. The van der Waals surface area contributed by atoms with Crippen molar-refractivity contribution in [2.24, 2.45) is 5.10 Å². The van der Waals surface area contributed by atoms with Crippen LogP contribution in [0.3, 0.4) is 0 Å². The highest BCUT2D eigenvalue weighted by molar-refractivity contribution is 7.14. The lowest BCUT2D eigenvalue weighted by molar-refractivity contribution is -0.137. The van der Waals surface area contributed by atoms with E-state index in [4.69, 9.17) is 10.5 Å². The Balaban J connectivity index is 2.21. The fourth-order valence-corrected chi connectivity index (χ4v) is 2.05. The number of hydrogen-bond donors (Lipinski definition) is 2. The number of benzene rings is 1. The SMILES string of the molecule is COc1ccc(C(F)(F)F)cc1C=NNc1nc(N)cs1. The number of aromatic nitrogens is 1. The lowest BCUT2D eigenvalue weighted by Crippen LogP contribution is -2.06. The standard InChI is InChI=1S/C12H11F3N4OS/c1-20-9-3-2-8(12(13,14)15)4-7(9)5-17-19-11-18-10(16)6-21-11/h2-6H,16H2,1H3,(H,18,19). The summed E-state index contributed by atoms with van der Waals surface area (Å²) in [5, 5.41) is 5.88. The molecule has 0 aliphatic rings. The fourth-order valence-electron chi connectivity index (χ4n) is 1.51. The van der Waals surface area contributed by atoms with Crippen LogP contribution in [0.2, 0.25) is 0 Å². The number of anilines is 2. The van der Waals surface area contributed by atoms with Gasteiger partial charge < -0.3 is 10.5 Å². The Labute approximate surface area is 122 Å². The maximum Gasteiger partial charge on any atom is 0.416 e. The average Bonchev–Trinajstić information content (AvgIpc) is 2.83. The van der Waals surface area contributed by atoms with Crippen LogP contribution < -0.4 is 15.9 Å². The summed E-state index contributed by atoms with van der Waals surface area (Å²) in [6.07, 6.45) is -3.20. The van der Waals surface area contributed by atoms with Crippen molar-refractivity contribution < 1.29 is 17.9 Å². The van der Waals surface area contributed by atoms with E-state index in [9.17, 15) is 13.2 Å². The van der Waals surface area contributed by atoms with Crippen LogP contribution in [0.15, 0.2) is 28.7 Å². The monoisotopic (exact) mass is 316 g/mol. The Morgan fingerprint density at radius 1 is 1.43 bits per heavy atom. The number of nitrogens with zero attached hydrogens (tertiary/aromatic N) is 2. The number of nitrogen functional groups attached to an aromatic ring is 1. The summed E-state index contributed by atoms with van der Waals surface area (Å²) in [6, 6.07) is 3.15. The smallest absolute Gasteiger partial charge is 0.416 e. The molecule has 21 heavy (non-hydrogen) atoms. The molecule has 3 N–H and O–H groups in total. The molecule has 0 bridgehead atoms. The second-order valence-corrected chi connectivity index (χ2v) is 4.76. The molecular formula is C12H11F3N4OS. The van der Waals surface area contributed by atoms with Crippen molar-refractivity contribution in [2.45, 2.75) is 6.18 Å². The van der Waals surface area contributed by atoms with Crippen LogP contribution in [-0.4, -0.2) is 18.3 Å². The number of halogens is 3. The third-order valence-corrected chi connectivity index (χ3v) is 3.21. The number of hydrazone groups is 1. The number of alkyl halides is 3. The Morgan fingerprint density at radius 3 is 2.76 bits per heavy atom. The van der Waals surface area contributed by atoms with Crippen molar-refractivity contribution in [1.82, 2.24) is 4.98 Å². The van der Waals surface area contributed by atoms with Crippen LogP contribution in [0.5, 0.6) is 5.75 Å². The van der Waals surface area contributed by atoms with Crippen molar-refractivity contribution in [1.29, 1.82) is 0 Å². The van der Waals surface area contributed by atoms with E-state index in [1.54, 1.807) is 5.38 Å². The number of nitrogens with two attached hydrogens (primary N) is 1. The molecule has 0 radical (unpaired) electrons. The zero-order valence-electron chi connectivity index (χ0n) is 10.8. The number of nitrogens with one attached hydrogen (secondary N) is 1. The van der Waals surface area contributed by atoms with Gasteiger partial charge >= 0.3 is 6.18 Å². The molecule has 112 valence electrons. The first-order valence-corrected chi connectivity index (χ1v) is 6.53. The van der Waals surface area contributed by atoms with Crippen molar-refractivity contribution in [3.05, 3.63) is 34.7 Å². The van der Waals surface area contributed by atoms with Crippen molar-refractivity contribution in [3.8, 4) is 5.75 Å². The summed E-state index contributed by atoms with van der Waals surface area (Å²) < 4.78 is 43.0. The van der Waals surface area contributed by atoms with Gasteiger partial charge in [0.05, 0.1) is 18.9 Å². The normalized spacial score (nSPS) is 11.8. The summed E-state index contributed by atoms with van der Waals surface area (Å²) in [6.45, 7) is 0. The van der Waals surface area contributed by atoms with E-state index in [1.165, 1.54) is 30.7 Å². The Bertz CT molecular complexity index is 654. The molecule has 9 heteroatoms. The first-order chi connectivity index (χ1) is 9.90. The molecule has 0 aliphatic heterocycles. The van der Waals surface area contributed by atoms with E-state index in [0.29, 0.717) is 10.9 Å². The van der Waals surface area contributed by atoms with Gasteiger partial charge in [0, 0.05) is 10.9 Å². The molecule has 0 fully saturated rings. The van der Waals surface area contributed by atoms with Crippen LogP contribution in [0.4, 0.5) is 24.1 Å². The highest BCUT2D eigenvalue weighted by atomic mass is 32.1. The van der Waals surface area contributed by atoms with E-state index in [0.717, 1.165) is 12.1 Å². The van der Waals surface area contributed by atoms with Gasteiger partial charge in [0.1, 0.15) is 11.6 Å². The summed E-state index contributed by atoms with van der Waals surface area (Å²) in [4.78, 5) is 3.90. The minimum atomic E-state index is -4.42. The van der Waals surface area contributed by atoms with Gasteiger partial charge in [-0.25, -0.2) is 4.98 Å². The van der Waals surface area contributed by atoms with Crippen LogP contribution in [0.1, 0.15) is 11.1 Å². The molecule has 0 unspecified atom stereocenters. The number of methoxy groups -OCH3 is 1. The van der Waals surface area contributed by atoms with Gasteiger partial charge in [-0.05, 0) is 18.2 Å². The van der Waals surface area contributed by atoms with Crippen LogP contribution in [0.25, 0.3) is 0 Å². The molecule has 0 amide bonds. The molecule has 0 spiro atoms. The number of thiazole rings is 1. The minimum Gasteiger partial charge on any atom is -0.496 e. The summed E-state index contributed by atoms with van der Waals surface area (Å²) in [7, 11) is 1.37. The van der Waals surface area contributed by atoms with Gasteiger partial charge in [0.25, 0.3) is 0 Å². The van der Waals surface area contributed by atoms with E-state index in [1.807, 2.05) is 0 Å². The molecule has 2 aromatic rings. The summed E-state index contributed by atoms with van der Waals surface area (Å²) in [5.74, 6) is 0.626. The largest absolute Gasteiger partial charge is 0.496 e. The molecule has 0 atom stereocenters. The van der Waals surface area contributed by atoms with E-state index in [-0.39, 0.29) is 11.3 Å². The molecule has 1 aromatic heterocycles. The zero-order chi connectivity index (χ0) is 15.5. The molecule has 2 rings (SSSR count). The molecule has 1 heterocycles. The highest BCUT2D eigenvalue weighted by Gasteiger charge is 2.30. The van der Waals surface area contributed by atoms with Crippen molar-refractivity contribution in [2.75, 3.05) is 18.3 Å². The number of hydrogen-bond acceptors (Lipinski definition) is 6. The Morgan fingerprint density at radius 2 is 2.19 bits per heavy atom. The Hall–Kier alpha value is -2.29. The molecule has 1 aromatic carbocycles. The predicted molar refractivity (Wildman–Crippen MR) is 75.7 cm³/mol. The quantitative estimate of drug-likeness (QED) is 0.671. The van der Waals surface area contributed by atoms with Gasteiger partial charge in [0.15, 0.2) is 0 Å².